The van der Waals surface area contributed by atoms with Crippen LogP contribution in [0.5, 0.6) is 0 Å². The van der Waals surface area contributed by atoms with Crippen molar-refractivity contribution in [2.24, 2.45) is 0 Å². The lowest BCUT2D eigenvalue weighted by molar-refractivity contribution is -0.384. The van der Waals surface area contributed by atoms with Crippen LogP contribution in [0.15, 0.2) is 96.6 Å². The van der Waals surface area contributed by atoms with E-state index in [-0.39, 0.29) is 23.2 Å². The standard InChI is InChI=1S/C27H27N3O3/c1-20(2)17-25-18-27(21-9-5-3-6-10-21,22-11-7-4-8-12-22)19-29(25)26(31)28-23-13-15-24(16-14-23)30(32)33/h3-17,25H,18-19H2,1-2H3,(H,28,31). The number of non-ortho nitro benzene ring substituents is 1. The van der Waals surface area contributed by atoms with Crippen molar-refractivity contribution >= 4 is 17.4 Å². The maximum Gasteiger partial charge on any atom is 0.322 e. The second-order valence-corrected chi connectivity index (χ2v) is 8.69. The number of urea groups is 1. The number of amides is 2. The molecule has 0 bridgehead atoms. The second kappa shape index (κ2) is 9.28. The highest BCUT2D eigenvalue weighted by molar-refractivity contribution is 5.90. The lowest BCUT2D eigenvalue weighted by Crippen LogP contribution is -2.40. The SMILES string of the molecule is CC(C)=CC1CC(c2ccccc2)(c2ccccc2)CN1C(=O)Nc1ccc([N+](=O)[O-])cc1. The van der Waals surface area contributed by atoms with Gasteiger partial charge in [0.05, 0.1) is 11.0 Å². The number of hydrogen-bond acceptors (Lipinski definition) is 3. The number of carbonyl (C=O) groups is 1. The van der Waals surface area contributed by atoms with Crippen LogP contribution < -0.4 is 5.32 Å². The molecule has 0 spiro atoms. The molecule has 1 N–H and O–H groups in total. The Morgan fingerprint density at radius 2 is 1.52 bits per heavy atom. The molecule has 1 atom stereocenters. The topological polar surface area (TPSA) is 75.5 Å². The molecule has 0 aliphatic carbocycles. The van der Waals surface area contributed by atoms with Crippen LogP contribution in [0.2, 0.25) is 0 Å². The molecule has 4 rings (SSSR count). The van der Waals surface area contributed by atoms with Gasteiger partial charge in [-0.2, -0.15) is 0 Å². The Labute approximate surface area is 193 Å². The van der Waals surface area contributed by atoms with Crippen molar-refractivity contribution in [3.05, 3.63) is 118 Å². The summed E-state index contributed by atoms with van der Waals surface area (Å²) in [4.78, 5) is 25.8. The second-order valence-electron chi connectivity index (χ2n) is 8.69. The summed E-state index contributed by atoms with van der Waals surface area (Å²) >= 11 is 0. The van der Waals surface area contributed by atoms with Gasteiger partial charge in [0.25, 0.3) is 5.69 Å². The van der Waals surface area contributed by atoms with Crippen LogP contribution in [-0.4, -0.2) is 28.4 Å². The van der Waals surface area contributed by atoms with Crippen molar-refractivity contribution in [3.8, 4) is 0 Å². The summed E-state index contributed by atoms with van der Waals surface area (Å²) in [5.41, 5.74) is 3.67. The van der Waals surface area contributed by atoms with Gasteiger partial charge in [-0.05, 0) is 43.5 Å². The van der Waals surface area contributed by atoms with E-state index in [9.17, 15) is 14.9 Å². The molecule has 1 heterocycles. The normalized spacial score (nSPS) is 16.8. The number of nitro groups is 1. The van der Waals surface area contributed by atoms with Crippen LogP contribution in [0, 0.1) is 10.1 Å². The molecule has 3 aromatic rings. The van der Waals surface area contributed by atoms with Gasteiger partial charge in [-0.1, -0.05) is 72.3 Å². The van der Waals surface area contributed by atoms with E-state index in [4.69, 9.17) is 0 Å². The fraction of sp³-hybridized carbons (Fsp3) is 0.222. The quantitative estimate of drug-likeness (QED) is 0.293. The first-order valence-electron chi connectivity index (χ1n) is 11.0. The Hall–Kier alpha value is -3.93. The van der Waals surface area contributed by atoms with Crippen LogP contribution in [0.1, 0.15) is 31.4 Å². The first kappa shape index (κ1) is 22.3. The van der Waals surface area contributed by atoms with Crippen molar-refractivity contribution in [1.29, 1.82) is 0 Å². The van der Waals surface area contributed by atoms with E-state index in [2.05, 4.69) is 35.7 Å². The highest BCUT2D eigenvalue weighted by Crippen LogP contribution is 2.44. The van der Waals surface area contributed by atoms with Crippen LogP contribution in [0.25, 0.3) is 0 Å². The Bertz CT molecular complexity index is 1110. The Morgan fingerprint density at radius 1 is 0.970 bits per heavy atom. The van der Waals surface area contributed by atoms with Crippen LogP contribution >= 0.6 is 0 Å². The van der Waals surface area contributed by atoms with E-state index >= 15 is 0 Å². The number of likely N-dealkylation sites (tertiary alicyclic amines) is 1. The number of rotatable bonds is 5. The minimum Gasteiger partial charge on any atom is -0.317 e. The maximum atomic E-state index is 13.4. The third kappa shape index (κ3) is 4.65. The molecule has 6 heteroatoms. The lowest BCUT2D eigenvalue weighted by atomic mass is 9.73. The van der Waals surface area contributed by atoms with Crippen molar-refractivity contribution in [1.82, 2.24) is 4.90 Å². The number of allylic oxidation sites excluding steroid dienone is 1. The lowest BCUT2D eigenvalue weighted by Gasteiger charge is -2.30. The van der Waals surface area contributed by atoms with Crippen LogP contribution in [-0.2, 0) is 5.41 Å². The molecule has 2 amide bonds. The summed E-state index contributed by atoms with van der Waals surface area (Å²) < 4.78 is 0. The molecule has 6 nitrogen and oxygen atoms in total. The maximum absolute atomic E-state index is 13.4. The number of carbonyl (C=O) groups excluding carboxylic acids is 1. The first-order valence-corrected chi connectivity index (χ1v) is 11.0. The first-order chi connectivity index (χ1) is 15.9. The molecule has 3 aromatic carbocycles. The van der Waals surface area contributed by atoms with Gasteiger partial charge in [0.2, 0.25) is 0 Å². The molecule has 0 radical (unpaired) electrons. The number of nitro benzene ring substituents is 1. The molecule has 1 aliphatic rings. The number of anilines is 1. The van der Waals surface area contributed by atoms with Crippen molar-refractivity contribution in [3.63, 3.8) is 0 Å². The zero-order chi connectivity index (χ0) is 23.4. The van der Waals surface area contributed by atoms with Gasteiger partial charge in [0.1, 0.15) is 0 Å². The average molecular weight is 442 g/mol. The summed E-state index contributed by atoms with van der Waals surface area (Å²) in [6.45, 7) is 4.60. The zero-order valence-corrected chi connectivity index (χ0v) is 18.8. The minimum absolute atomic E-state index is 0.0104. The molecule has 168 valence electrons. The van der Waals surface area contributed by atoms with Gasteiger partial charge >= 0.3 is 6.03 Å². The van der Waals surface area contributed by atoms with E-state index in [1.54, 1.807) is 12.1 Å². The van der Waals surface area contributed by atoms with Gasteiger partial charge in [-0.25, -0.2) is 4.79 Å². The summed E-state index contributed by atoms with van der Waals surface area (Å²) in [6, 6.07) is 26.3. The summed E-state index contributed by atoms with van der Waals surface area (Å²) in [6.07, 6.45) is 2.91. The largest absolute Gasteiger partial charge is 0.322 e. The average Bonchev–Trinajstić information content (AvgIpc) is 3.20. The highest BCUT2D eigenvalue weighted by Gasteiger charge is 2.47. The Kier molecular flexibility index (Phi) is 6.27. The van der Waals surface area contributed by atoms with E-state index in [0.717, 1.165) is 12.0 Å². The predicted molar refractivity (Wildman–Crippen MR) is 130 cm³/mol. The van der Waals surface area contributed by atoms with Crippen molar-refractivity contribution < 1.29 is 9.72 Å². The number of hydrogen-bond donors (Lipinski definition) is 1. The smallest absolute Gasteiger partial charge is 0.317 e. The number of benzene rings is 3. The van der Waals surface area contributed by atoms with Crippen molar-refractivity contribution in [2.45, 2.75) is 31.7 Å². The molecule has 0 saturated carbocycles. The van der Waals surface area contributed by atoms with E-state index in [1.165, 1.54) is 23.3 Å². The van der Waals surface area contributed by atoms with Gasteiger partial charge < -0.3 is 10.2 Å². The van der Waals surface area contributed by atoms with Gasteiger partial charge in [-0.3, -0.25) is 10.1 Å². The predicted octanol–water partition coefficient (Wildman–Crippen LogP) is 6.15. The van der Waals surface area contributed by atoms with E-state index in [1.807, 2.05) is 55.1 Å². The summed E-state index contributed by atoms with van der Waals surface area (Å²) in [7, 11) is 0. The zero-order valence-electron chi connectivity index (χ0n) is 18.8. The molecular formula is C27H27N3O3. The summed E-state index contributed by atoms with van der Waals surface area (Å²) in [5.74, 6) is 0. The van der Waals surface area contributed by atoms with E-state index in [0.29, 0.717) is 12.2 Å². The van der Waals surface area contributed by atoms with Crippen LogP contribution in [0.4, 0.5) is 16.2 Å². The molecule has 1 saturated heterocycles. The molecular weight excluding hydrogens is 414 g/mol. The molecule has 1 unspecified atom stereocenters. The van der Waals surface area contributed by atoms with E-state index < -0.39 is 4.92 Å². The Morgan fingerprint density at radius 3 is 2.00 bits per heavy atom. The molecule has 33 heavy (non-hydrogen) atoms. The monoisotopic (exact) mass is 441 g/mol. The van der Waals surface area contributed by atoms with Gasteiger partial charge in [-0.15, -0.1) is 0 Å². The third-order valence-electron chi connectivity index (χ3n) is 6.17. The van der Waals surface area contributed by atoms with Gasteiger partial charge in [0.15, 0.2) is 0 Å². The highest BCUT2D eigenvalue weighted by atomic mass is 16.6. The van der Waals surface area contributed by atoms with Gasteiger partial charge in [0, 0.05) is 29.8 Å². The number of nitrogens with zero attached hydrogens (tertiary/aromatic N) is 2. The Balaban J connectivity index is 1.70. The van der Waals surface area contributed by atoms with Crippen molar-refractivity contribution in [2.75, 3.05) is 11.9 Å². The third-order valence-corrected chi connectivity index (χ3v) is 6.17. The van der Waals surface area contributed by atoms with Crippen LogP contribution in [0.3, 0.4) is 0 Å². The minimum atomic E-state index is -0.453. The number of nitrogens with one attached hydrogen (secondary N) is 1. The summed E-state index contributed by atoms with van der Waals surface area (Å²) in [5, 5.41) is 13.9. The molecule has 0 aromatic heterocycles. The fourth-order valence-corrected chi connectivity index (χ4v) is 4.66. The fourth-order valence-electron chi connectivity index (χ4n) is 4.66. The molecule has 1 aliphatic heterocycles. The molecule has 1 fully saturated rings.